The van der Waals surface area contributed by atoms with Gasteiger partial charge < -0.3 is 15.4 Å². The Labute approximate surface area is 105 Å². The Hall–Kier alpha value is -1.26. The lowest BCUT2D eigenvalue weighted by molar-refractivity contribution is -0.121. The number of rotatable bonds is 3. The van der Waals surface area contributed by atoms with Crippen LogP contribution in [0.2, 0.25) is 5.02 Å². The van der Waals surface area contributed by atoms with Crippen LogP contribution >= 0.6 is 11.6 Å². The summed E-state index contributed by atoms with van der Waals surface area (Å²) in [5, 5.41) is 6.56. The zero-order valence-corrected chi connectivity index (χ0v) is 10.6. The second-order valence-corrected chi connectivity index (χ2v) is 4.55. The predicted molar refractivity (Wildman–Crippen MR) is 67.7 cm³/mol. The van der Waals surface area contributed by atoms with E-state index in [1.54, 1.807) is 13.2 Å². The molecule has 1 heterocycles. The first-order valence-electron chi connectivity index (χ1n) is 5.47. The van der Waals surface area contributed by atoms with Gasteiger partial charge in [-0.3, -0.25) is 4.79 Å². The summed E-state index contributed by atoms with van der Waals surface area (Å²) in [4.78, 5) is 11.8. The van der Waals surface area contributed by atoms with Crippen molar-refractivity contribution in [3.8, 4) is 5.75 Å². The number of anilines is 1. The number of nitrogens with one attached hydrogen (secondary N) is 2. The fourth-order valence-electron chi connectivity index (χ4n) is 1.64. The maximum absolute atomic E-state index is 11.8. The van der Waals surface area contributed by atoms with E-state index in [0.29, 0.717) is 16.5 Å². The summed E-state index contributed by atoms with van der Waals surface area (Å²) in [7, 11) is 1.56. The van der Waals surface area contributed by atoms with Gasteiger partial charge in [-0.25, -0.2) is 0 Å². The highest BCUT2D eigenvalue weighted by Gasteiger charge is 2.25. The number of carbonyl (C=O) groups excluding carboxylic acids is 1. The molecule has 1 fully saturated rings. The molecule has 1 aromatic rings. The van der Waals surface area contributed by atoms with E-state index >= 15 is 0 Å². The second kappa shape index (κ2) is 4.94. The number of carbonyl (C=O) groups is 1. The molecule has 1 aliphatic rings. The summed E-state index contributed by atoms with van der Waals surface area (Å²) < 4.78 is 5.20. The van der Waals surface area contributed by atoms with Gasteiger partial charge in [0.25, 0.3) is 0 Å². The lowest BCUT2D eigenvalue weighted by atomic mass is 10.0. The van der Waals surface area contributed by atoms with Crippen molar-refractivity contribution in [1.29, 1.82) is 0 Å². The Morgan fingerprint density at radius 1 is 1.53 bits per heavy atom. The van der Waals surface area contributed by atoms with Crippen LogP contribution in [0, 0.1) is 12.8 Å². The largest absolute Gasteiger partial charge is 0.495 e. The van der Waals surface area contributed by atoms with E-state index in [-0.39, 0.29) is 11.8 Å². The van der Waals surface area contributed by atoms with Gasteiger partial charge in [-0.15, -0.1) is 0 Å². The van der Waals surface area contributed by atoms with Crippen LogP contribution in [0.25, 0.3) is 0 Å². The third-order valence-electron chi connectivity index (χ3n) is 2.89. The maximum atomic E-state index is 11.8. The Balaban J connectivity index is 2.18. The Bertz CT molecular complexity index is 444. The highest BCUT2D eigenvalue weighted by molar-refractivity contribution is 6.31. The van der Waals surface area contributed by atoms with E-state index < -0.39 is 0 Å². The summed E-state index contributed by atoms with van der Waals surface area (Å²) in [6, 6.07) is 3.54. The van der Waals surface area contributed by atoms with Crippen LogP contribution in [0.5, 0.6) is 5.75 Å². The molecule has 1 amide bonds. The molecule has 0 spiro atoms. The van der Waals surface area contributed by atoms with E-state index in [1.807, 2.05) is 13.0 Å². The smallest absolute Gasteiger partial charge is 0.230 e. The third-order valence-corrected chi connectivity index (χ3v) is 3.30. The summed E-state index contributed by atoms with van der Waals surface area (Å²) in [5.74, 6) is 0.653. The molecule has 0 aromatic heterocycles. The lowest BCUT2D eigenvalue weighted by Gasteiger charge is -2.26. The predicted octanol–water partition coefficient (Wildman–Crippen LogP) is 1.81. The summed E-state index contributed by atoms with van der Waals surface area (Å²) in [6.45, 7) is 3.36. The molecule has 0 saturated carbocycles. The molecule has 1 aromatic carbocycles. The van der Waals surface area contributed by atoms with Crippen molar-refractivity contribution in [3.63, 3.8) is 0 Å². The number of hydrogen-bond acceptors (Lipinski definition) is 3. The molecule has 5 heteroatoms. The zero-order chi connectivity index (χ0) is 12.4. The third kappa shape index (κ3) is 2.53. The van der Waals surface area contributed by atoms with Gasteiger partial charge in [0.05, 0.1) is 18.7 Å². The highest BCUT2D eigenvalue weighted by Crippen LogP contribution is 2.31. The van der Waals surface area contributed by atoms with Crippen LogP contribution in [0.3, 0.4) is 0 Å². The number of methoxy groups -OCH3 is 1. The number of amides is 1. The zero-order valence-electron chi connectivity index (χ0n) is 9.84. The van der Waals surface area contributed by atoms with Crippen molar-refractivity contribution in [1.82, 2.24) is 5.32 Å². The molecule has 2 rings (SSSR count). The Morgan fingerprint density at radius 2 is 2.24 bits per heavy atom. The molecule has 0 unspecified atom stereocenters. The Morgan fingerprint density at radius 3 is 2.76 bits per heavy atom. The van der Waals surface area contributed by atoms with E-state index in [9.17, 15) is 4.79 Å². The van der Waals surface area contributed by atoms with Crippen LogP contribution in [0.1, 0.15) is 5.56 Å². The fourth-order valence-corrected chi connectivity index (χ4v) is 1.79. The van der Waals surface area contributed by atoms with Gasteiger partial charge in [0.1, 0.15) is 5.75 Å². The first-order chi connectivity index (χ1) is 8.11. The van der Waals surface area contributed by atoms with Crippen molar-refractivity contribution in [2.45, 2.75) is 6.92 Å². The lowest BCUT2D eigenvalue weighted by Crippen LogP contribution is -2.48. The van der Waals surface area contributed by atoms with Crippen LogP contribution in [0.15, 0.2) is 12.1 Å². The van der Waals surface area contributed by atoms with Crippen LogP contribution in [0.4, 0.5) is 5.69 Å². The molecule has 1 saturated heterocycles. The minimum absolute atomic E-state index is 0.0174. The van der Waals surface area contributed by atoms with Gasteiger partial charge in [0.2, 0.25) is 5.91 Å². The first-order valence-corrected chi connectivity index (χ1v) is 5.85. The molecule has 2 N–H and O–H groups in total. The number of ether oxygens (including phenoxy) is 1. The average Bonchev–Trinajstić information content (AvgIpc) is 2.20. The monoisotopic (exact) mass is 254 g/mol. The van der Waals surface area contributed by atoms with Gasteiger partial charge in [-0.1, -0.05) is 11.6 Å². The minimum atomic E-state index is 0.0174. The molecular formula is C12H15ClN2O2. The highest BCUT2D eigenvalue weighted by atomic mass is 35.5. The summed E-state index contributed by atoms with van der Waals surface area (Å²) in [6.07, 6.45) is 0. The molecule has 4 nitrogen and oxygen atoms in total. The molecule has 0 radical (unpaired) electrons. The van der Waals surface area contributed by atoms with Crippen molar-refractivity contribution in [3.05, 3.63) is 22.7 Å². The molecule has 1 aliphatic heterocycles. The van der Waals surface area contributed by atoms with Crippen LogP contribution < -0.4 is 15.4 Å². The number of hydrogen-bond donors (Lipinski definition) is 2. The average molecular weight is 255 g/mol. The van der Waals surface area contributed by atoms with E-state index in [0.717, 1.165) is 18.7 Å². The molecular weight excluding hydrogens is 240 g/mol. The van der Waals surface area contributed by atoms with Crippen LogP contribution in [-0.2, 0) is 4.79 Å². The standard InChI is InChI=1S/C12H15ClN2O2/c1-7-3-10(11(17-2)4-9(7)13)15-12(16)8-5-14-6-8/h3-4,8,14H,5-6H2,1-2H3,(H,15,16). The van der Waals surface area contributed by atoms with Gasteiger partial charge in [0.15, 0.2) is 0 Å². The van der Waals surface area contributed by atoms with E-state index in [1.165, 1.54) is 0 Å². The van der Waals surface area contributed by atoms with Crippen molar-refractivity contribution in [2.24, 2.45) is 5.92 Å². The maximum Gasteiger partial charge on any atom is 0.230 e. The van der Waals surface area contributed by atoms with Gasteiger partial charge in [0, 0.05) is 24.2 Å². The first kappa shape index (κ1) is 12.2. The number of halogens is 1. The fraction of sp³-hybridized carbons (Fsp3) is 0.417. The summed E-state index contributed by atoms with van der Waals surface area (Å²) >= 11 is 6.00. The van der Waals surface area contributed by atoms with Crippen molar-refractivity contribution in [2.75, 3.05) is 25.5 Å². The van der Waals surface area contributed by atoms with E-state index in [4.69, 9.17) is 16.3 Å². The van der Waals surface area contributed by atoms with Gasteiger partial charge in [-0.2, -0.15) is 0 Å². The van der Waals surface area contributed by atoms with Gasteiger partial charge >= 0.3 is 0 Å². The van der Waals surface area contributed by atoms with Crippen molar-refractivity contribution >= 4 is 23.2 Å². The molecule has 92 valence electrons. The SMILES string of the molecule is COc1cc(Cl)c(C)cc1NC(=O)C1CNC1. The normalized spacial score (nSPS) is 15.2. The second-order valence-electron chi connectivity index (χ2n) is 4.15. The Kier molecular flexibility index (Phi) is 3.54. The number of aryl methyl sites for hydroxylation is 1. The summed E-state index contributed by atoms with van der Waals surface area (Å²) in [5.41, 5.74) is 1.58. The molecule has 0 atom stereocenters. The van der Waals surface area contributed by atoms with Crippen LogP contribution in [-0.4, -0.2) is 26.1 Å². The van der Waals surface area contributed by atoms with E-state index in [2.05, 4.69) is 10.6 Å². The van der Waals surface area contributed by atoms with Gasteiger partial charge in [-0.05, 0) is 18.6 Å². The minimum Gasteiger partial charge on any atom is -0.495 e. The van der Waals surface area contributed by atoms with Crippen molar-refractivity contribution < 1.29 is 9.53 Å². The number of benzene rings is 1. The molecule has 17 heavy (non-hydrogen) atoms. The molecule has 0 bridgehead atoms. The molecule has 0 aliphatic carbocycles. The topological polar surface area (TPSA) is 50.4 Å². The quantitative estimate of drug-likeness (QED) is 0.865.